The Hall–Kier alpha value is -0.920. The number of rotatable bonds is 3. The summed E-state index contributed by atoms with van der Waals surface area (Å²) in [5.41, 5.74) is 7.81. The van der Waals surface area contributed by atoms with Gasteiger partial charge in [0.15, 0.2) is 5.96 Å². The van der Waals surface area contributed by atoms with Crippen LogP contribution < -0.4 is 11.1 Å². The van der Waals surface area contributed by atoms with E-state index in [0.29, 0.717) is 18.5 Å². The Morgan fingerprint density at radius 2 is 2.00 bits per heavy atom. The third-order valence-electron chi connectivity index (χ3n) is 3.39. The summed E-state index contributed by atoms with van der Waals surface area (Å²) in [4.78, 5) is 13.0. The van der Waals surface area contributed by atoms with Crippen molar-refractivity contribution in [3.05, 3.63) is 23.3 Å². The summed E-state index contributed by atoms with van der Waals surface area (Å²) in [5.74, 6) is 1.31. The molecule has 0 aromatic carbocycles. The van der Waals surface area contributed by atoms with E-state index in [9.17, 15) is 0 Å². The standard InChI is InChI=1S/C14H23N5.HI/c1-10-8-13(18-11(2)17-10)9-16-14(15)19-12-6-4-3-5-7-12;/h8,12H,3-7,9H2,1-2H3,(H3,15,16,19);1H. The molecule has 1 heterocycles. The van der Waals surface area contributed by atoms with Crippen LogP contribution in [0.3, 0.4) is 0 Å². The van der Waals surface area contributed by atoms with Crippen LogP contribution in [-0.2, 0) is 6.54 Å². The Labute approximate surface area is 137 Å². The lowest BCUT2D eigenvalue weighted by Gasteiger charge is -2.23. The second kappa shape index (κ2) is 8.39. The van der Waals surface area contributed by atoms with Gasteiger partial charge in [-0.15, -0.1) is 24.0 Å². The zero-order chi connectivity index (χ0) is 13.7. The molecule has 0 aliphatic heterocycles. The van der Waals surface area contributed by atoms with Crippen LogP contribution in [0.4, 0.5) is 0 Å². The maximum Gasteiger partial charge on any atom is 0.189 e. The first kappa shape index (κ1) is 17.1. The fourth-order valence-corrected chi connectivity index (χ4v) is 2.54. The van der Waals surface area contributed by atoms with E-state index in [1.165, 1.54) is 32.1 Å². The zero-order valence-electron chi connectivity index (χ0n) is 12.2. The van der Waals surface area contributed by atoms with Crippen LogP contribution in [0.5, 0.6) is 0 Å². The molecule has 6 heteroatoms. The number of nitrogens with two attached hydrogens (primary N) is 1. The number of nitrogens with one attached hydrogen (secondary N) is 1. The molecule has 0 bridgehead atoms. The molecule has 0 atom stereocenters. The van der Waals surface area contributed by atoms with E-state index in [1.54, 1.807) is 0 Å². The first-order chi connectivity index (χ1) is 9.13. The second-order valence-electron chi connectivity index (χ2n) is 5.23. The quantitative estimate of drug-likeness (QED) is 0.473. The Kier molecular flexibility index (Phi) is 7.18. The van der Waals surface area contributed by atoms with Crippen LogP contribution in [0.15, 0.2) is 11.1 Å². The van der Waals surface area contributed by atoms with Crippen molar-refractivity contribution in [1.29, 1.82) is 0 Å². The molecule has 1 saturated carbocycles. The Morgan fingerprint density at radius 3 is 2.65 bits per heavy atom. The highest BCUT2D eigenvalue weighted by atomic mass is 127. The van der Waals surface area contributed by atoms with Crippen molar-refractivity contribution >= 4 is 29.9 Å². The maximum absolute atomic E-state index is 5.92. The lowest BCUT2D eigenvalue weighted by molar-refractivity contribution is 0.412. The van der Waals surface area contributed by atoms with Crippen LogP contribution in [0.25, 0.3) is 0 Å². The van der Waals surface area contributed by atoms with E-state index in [2.05, 4.69) is 20.3 Å². The highest BCUT2D eigenvalue weighted by Crippen LogP contribution is 2.17. The second-order valence-corrected chi connectivity index (χ2v) is 5.23. The molecule has 1 fully saturated rings. The molecule has 20 heavy (non-hydrogen) atoms. The summed E-state index contributed by atoms with van der Waals surface area (Å²) in [6, 6.07) is 2.44. The van der Waals surface area contributed by atoms with Crippen LogP contribution in [-0.4, -0.2) is 22.0 Å². The molecule has 1 aliphatic carbocycles. The van der Waals surface area contributed by atoms with E-state index < -0.39 is 0 Å². The maximum atomic E-state index is 5.92. The number of hydrogen-bond donors (Lipinski definition) is 2. The molecule has 0 saturated heterocycles. The van der Waals surface area contributed by atoms with Crippen LogP contribution >= 0.6 is 24.0 Å². The van der Waals surface area contributed by atoms with Crippen molar-refractivity contribution in [2.45, 2.75) is 58.5 Å². The Balaban J connectivity index is 0.00000200. The van der Waals surface area contributed by atoms with E-state index in [-0.39, 0.29) is 24.0 Å². The van der Waals surface area contributed by atoms with Gasteiger partial charge in [0.05, 0.1) is 12.2 Å². The average molecular weight is 389 g/mol. The number of guanidine groups is 1. The normalized spacial score (nSPS) is 16.6. The van der Waals surface area contributed by atoms with Gasteiger partial charge in [-0.1, -0.05) is 19.3 Å². The minimum atomic E-state index is 0. The number of aryl methyl sites for hydroxylation is 2. The molecule has 1 aromatic rings. The molecule has 0 spiro atoms. The van der Waals surface area contributed by atoms with Gasteiger partial charge in [-0.25, -0.2) is 15.0 Å². The zero-order valence-corrected chi connectivity index (χ0v) is 14.6. The molecule has 5 nitrogen and oxygen atoms in total. The monoisotopic (exact) mass is 389 g/mol. The first-order valence-electron chi connectivity index (χ1n) is 7.01. The summed E-state index contributed by atoms with van der Waals surface area (Å²) < 4.78 is 0. The fraction of sp³-hybridized carbons (Fsp3) is 0.643. The molecular formula is C14H24IN5. The van der Waals surface area contributed by atoms with Gasteiger partial charge < -0.3 is 11.1 Å². The third kappa shape index (κ3) is 5.60. The van der Waals surface area contributed by atoms with Crippen molar-refractivity contribution < 1.29 is 0 Å². The summed E-state index contributed by atoms with van der Waals surface area (Å²) >= 11 is 0. The Bertz CT molecular complexity index is 435. The van der Waals surface area contributed by atoms with Gasteiger partial charge in [-0.05, 0) is 32.8 Å². The number of hydrogen-bond acceptors (Lipinski definition) is 3. The number of aromatic nitrogens is 2. The van der Waals surface area contributed by atoms with Crippen molar-refractivity contribution in [2.75, 3.05) is 0 Å². The first-order valence-corrected chi connectivity index (χ1v) is 7.01. The SMILES string of the molecule is Cc1cc(CN=C(N)NC2CCCCC2)nc(C)n1.I. The van der Waals surface area contributed by atoms with Gasteiger partial charge in [0, 0.05) is 11.7 Å². The molecule has 3 N–H and O–H groups in total. The van der Waals surface area contributed by atoms with Gasteiger partial charge in [-0.2, -0.15) is 0 Å². The summed E-state index contributed by atoms with van der Waals surface area (Å²) in [6.07, 6.45) is 6.31. The van der Waals surface area contributed by atoms with Crippen LogP contribution in [0.1, 0.15) is 49.3 Å². The predicted molar refractivity (Wildman–Crippen MR) is 92.3 cm³/mol. The fourth-order valence-electron chi connectivity index (χ4n) is 2.54. The number of halogens is 1. The summed E-state index contributed by atoms with van der Waals surface area (Å²) in [6.45, 7) is 4.37. The molecule has 1 aliphatic rings. The van der Waals surface area contributed by atoms with Crippen molar-refractivity contribution in [3.8, 4) is 0 Å². The molecule has 0 unspecified atom stereocenters. The van der Waals surface area contributed by atoms with E-state index in [4.69, 9.17) is 5.73 Å². The molecule has 2 rings (SSSR count). The molecule has 0 amide bonds. The van der Waals surface area contributed by atoms with Crippen LogP contribution in [0, 0.1) is 13.8 Å². The largest absolute Gasteiger partial charge is 0.370 e. The third-order valence-corrected chi connectivity index (χ3v) is 3.39. The van der Waals surface area contributed by atoms with Gasteiger partial charge >= 0.3 is 0 Å². The highest BCUT2D eigenvalue weighted by Gasteiger charge is 2.13. The highest BCUT2D eigenvalue weighted by molar-refractivity contribution is 14.0. The topological polar surface area (TPSA) is 76.2 Å². The molecular weight excluding hydrogens is 365 g/mol. The Morgan fingerprint density at radius 1 is 1.30 bits per heavy atom. The molecule has 0 radical (unpaired) electrons. The minimum Gasteiger partial charge on any atom is -0.370 e. The van der Waals surface area contributed by atoms with Crippen LogP contribution in [0.2, 0.25) is 0 Å². The average Bonchev–Trinajstić information content (AvgIpc) is 2.36. The minimum absolute atomic E-state index is 0. The van der Waals surface area contributed by atoms with Crippen molar-refractivity contribution in [1.82, 2.24) is 15.3 Å². The summed E-state index contributed by atoms with van der Waals surface area (Å²) in [5, 5.41) is 3.30. The lowest BCUT2D eigenvalue weighted by Crippen LogP contribution is -2.41. The number of aliphatic imine (C=N–C) groups is 1. The molecule has 112 valence electrons. The van der Waals surface area contributed by atoms with Gasteiger partial charge in [0.25, 0.3) is 0 Å². The van der Waals surface area contributed by atoms with Crippen molar-refractivity contribution in [3.63, 3.8) is 0 Å². The van der Waals surface area contributed by atoms with E-state index in [0.717, 1.165) is 17.2 Å². The smallest absolute Gasteiger partial charge is 0.189 e. The van der Waals surface area contributed by atoms with E-state index >= 15 is 0 Å². The van der Waals surface area contributed by atoms with Gasteiger partial charge in [0.2, 0.25) is 0 Å². The molecule has 1 aromatic heterocycles. The summed E-state index contributed by atoms with van der Waals surface area (Å²) in [7, 11) is 0. The lowest BCUT2D eigenvalue weighted by atomic mass is 9.96. The predicted octanol–water partition coefficient (Wildman–Crippen LogP) is 2.45. The van der Waals surface area contributed by atoms with Crippen molar-refractivity contribution in [2.24, 2.45) is 10.7 Å². The number of nitrogens with zero attached hydrogens (tertiary/aromatic N) is 3. The van der Waals surface area contributed by atoms with E-state index in [1.807, 2.05) is 19.9 Å². The van der Waals surface area contributed by atoms with Gasteiger partial charge in [0.1, 0.15) is 5.82 Å². The van der Waals surface area contributed by atoms with Gasteiger partial charge in [-0.3, -0.25) is 0 Å².